The van der Waals surface area contributed by atoms with Crippen LogP contribution in [0.25, 0.3) is 27.7 Å². The maximum atomic E-state index is 13.7. The molecule has 4 aromatic rings. The molecule has 5 heteroatoms. The maximum Gasteiger partial charge on any atom is 0.341 e. The minimum absolute atomic E-state index is 0.216. The zero-order chi connectivity index (χ0) is 21.1. The molecule has 0 saturated heterocycles. The van der Waals surface area contributed by atoms with Crippen LogP contribution in [-0.2, 0) is 4.74 Å². The van der Waals surface area contributed by atoms with Crippen molar-refractivity contribution in [3.63, 3.8) is 0 Å². The van der Waals surface area contributed by atoms with E-state index in [1.165, 1.54) is 7.11 Å². The van der Waals surface area contributed by atoms with Crippen molar-refractivity contribution in [3.05, 3.63) is 94.8 Å². The number of ether oxygens (including phenoxy) is 2. The number of fused-ring (bicyclic) bond motifs is 1. The highest BCUT2D eigenvalue weighted by atomic mass is 16.5. The van der Waals surface area contributed by atoms with Gasteiger partial charge in [-0.1, -0.05) is 54.6 Å². The van der Waals surface area contributed by atoms with Crippen molar-refractivity contribution in [2.75, 3.05) is 13.7 Å². The predicted molar refractivity (Wildman–Crippen MR) is 117 cm³/mol. The Morgan fingerprint density at radius 2 is 1.57 bits per heavy atom. The van der Waals surface area contributed by atoms with Crippen LogP contribution in [0.3, 0.4) is 0 Å². The molecule has 3 aromatic carbocycles. The standard InChI is InChI=1S/C25H21NO4/c1-3-30-25(28)22-21-19(15-10-16-20(21)29-2)24(27)26(18-13-8-5-9-14-18)23(22)17-11-6-4-7-12-17/h4-16H,3H2,1-2H3. The van der Waals surface area contributed by atoms with Crippen molar-refractivity contribution in [1.29, 1.82) is 0 Å². The Morgan fingerprint density at radius 3 is 2.20 bits per heavy atom. The second-order valence-electron chi connectivity index (χ2n) is 6.67. The Morgan fingerprint density at radius 1 is 0.900 bits per heavy atom. The van der Waals surface area contributed by atoms with Gasteiger partial charge in [-0.2, -0.15) is 0 Å². The Hall–Kier alpha value is -3.86. The molecule has 0 fully saturated rings. The van der Waals surface area contributed by atoms with Gasteiger partial charge in [-0.3, -0.25) is 9.36 Å². The summed E-state index contributed by atoms with van der Waals surface area (Å²) >= 11 is 0. The van der Waals surface area contributed by atoms with E-state index in [4.69, 9.17) is 9.47 Å². The van der Waals surface area contributed by atoms with Crippen LogP contribution in [0.4, 0.5) is 0 Å². The molecule has 0 aliphatic heterocycles. The number of hydrogen-bond donors (Lipinski definition) is 0. The van der Waals surface area contributed by atoms with E-state index in [1.54, 1.807) is 29.7 Å². The van der Waals surface area contributed by atoms with Crippen LogP contribution in [0.5, 0.6) is 5.75 Å². The van der Waals surface area contributed by atoms with E-state index in [9.17, 15) is 9.59 Å². The van der Waals surface area contributed by atoms with Gasteiger partial charge in [0.05, 0.1) is 30.4 Å². The Labute approximate surface area is 174 Å². The molecule has 0 saturated carbocycles. The van der Waals surface area contributed by atoms with Crippen LogP contribution in [0.2, 0.25) is 0 Å². The van der Waals surface area contributed by atoms with E-state index < -0.39 is 5.97 Å². The Balaban J connectivity index is 2.27. The average molecular weight is 399 g/mol. The van der Waals surface area contributed by atoms with Crippen molar-refractivity contribution in [2.24, 2.45) is 0 Å². The fraction of sp³-hybridized carbons (Fsp3) is 0.120. The molecule has 0 amide bonds. The quantitative estimate of drug-likeness (QED) is 0.451. The number of aromatic nitrogens is 1. The van der Waals surface area contributed by atoms with E-state index in [0.29, 0.717) is 33.5 Å². The molecule has 1 aromatic heterocycles. The predicted octanol–water partition coefficient (Wildman–Crippen LogP) is 4.84. The number of benzene rings is 3. The van der Waals surface area contributed by atoms with Gasteiger partial charge in [-0.15, -0.1) is 0 Å². The third-order valence-electron chi connectivity index (χ3n) is 4.93. The highest BCUT2D eigenvalue weighted by molar-refractivity contribution is 6.11. The van der Waals surface area contributed by atoms with Gasteiger partial charge in [0.15, 0.2) is 0 Å². The van der Waals surface area contributed by atoms with Crippen LogP contribution in [0.15, 0.2) is 83.7 Å². The van der Waals surface area contributed by atoms with E-state index in [-0.39, 0.29) is 12.2 Å². The summed E-state index contributed by atoms with van der Waals surface area (Å²) in [7, 11) is 1.52. The van der Waals surface area contributed by atoms with E-state index in [2.05, 4.69) is 0 Å². The number of para-hydroxylation sites is 1. The normalized spacial score (nSPS) is 10.7. The lowest BCUT2D eigenvalue weighted by Gasteiger charge is -2.20. The van der Waals surface area contributed by atoms with Gasteiger partial charge in [0.1, 0.15) is 5.75 Å². The zero-order valence-electron chi connectivity index (χ0n) is 16.8. The third kappa shape index (κ3) is 3.24. The summed E-state index contributed by atoms with van der Waals surface area (Å²) in [6, 6.07) is 23.9. The number of rotatable bonds is 5. The first-order valence-electron chi connectivity index (χ1n) is 9.71. The summed E-state index contributed by atoms with van der Waals surface area (Å²) in [6.45, 7) is 1.97. The van der Waals surface area contributed by atoms with E-state index in [1.807, 2.05) is 60.7 Å². The highest BCUT2D eigenvalue weighted by Crippen LogP contribution is 2.35. The molecule has 0 aliphatic rings. The molecule has 0 spiro atoms. The smallest absolute Gasteiger partial charge is 0.341 e. The molecule has 0 atom stereocenters. The second-order valence-corrected chi connectivity index (χ2v) is 6.67. The lowest BCUT2D eigenvalue weighted by atomic mass is 9.97. The molecule has 0 N–H and O–H groups in total. The number of esters is 1. The molecular weight excluding hydrogens is 378 g/mol. The molecule has 0 aliphatic carbocycles. The van der Waals surface area contributed by atoms with Gasteiger partial charge in [0.2, 0.25) is 0 Å². The molecule has 0 bridgehead atoms. The molecule has 1 heterocycles. The fourth-order valence-corrected chi connectivity index (χ4v) is 3.68. The lowest BCUT2D eigenvalue weighted by Crippen LogP contribution is -2.24. The van der Waals surface area contributed by atoms with E-state index in [0.717, 1.165) is 5.56 Å². The second kappa shape index (κ2) is 8.25. The summed E-state index contributed by atoms with van der Waals surface area (Å²) in [4.78, 5) is 26.9. The zero-order valence-corrected chi connectivity index (χ0v) is 16.8. The number of hydrogen-bond acceptors (Lipinski definition) is 4. The molecule has 0 radical (unpaired) electrons. The van der Waals surface area contributed by atoms with Crippen molar-refractivity contribution >= 4 is 16.7 Å². The van der Waals surface area contributed by atoms with Crippen molar-refractivity contribution in [2.45, 2.75) is 6.92 Å². The first-order valence-corrected chi connectivity index (χ1v) is 9.71. The lowest BCUT2D eigenvalue weighted by molar-refractivity contribution is 0.0528. The molecular formula is C25H21NO4. The monoisotopic (exact) mass is 399 g/mol. The number of carbonyl (C=O) groups excluding carboxylic acids is 1. The highest BCUT2D eigenvalue weighted by Gasteiger charge is 2.26. The summed E-state index contributed by atoms with van der Waals surface area (Å²) in [6.07, 6.45) is 0. The molecule has 0 unspecified atom stereocenters. The van der Waals surface area contributed by atoms with Gasteiger partial charge in [-0.25, -0.2) is 4.79 Å². The van der Waals surface area contributed by atoms with Crippen LogP contribution >= 0.6 is 0 Å². The minimum atomic E-state index is -0.504. The van der Waals surface area contributed by atoms with Gasteiger partial charge < -0.3 is 9.47 Å². The van der Waals surface area contributed by atoms with Crippen molar-refractivity contribution in [1.82, 2.24) is 4.57 Å². The molecule has 150 valence electrons. The van der Waals surface area contributed by atoms with Crippen molar-refractivity contribution < 1.29 is 14.3 Å². The summed E-state index contributed by atoms with van der Waals surface area (Å²) in [5, 5.41) is 0.843. The average Bonchev–Trinajstić information content (AvgIpc) is 2.79. The van der Waals surface area contributed by atoms with Crippen LogP contribution in [-0.4, -0.2) is 24.3 Å². The SMILES string of the molecule is CCOC(=O)c1c(-c2ccccc2)n(-c2ccccc2)c(=O)c2cccc(OC)c12. The first kappa shape index (κ1) is 19.5. The number of nitrogens with zero attached hydrogens (tertiary/aromatic N) is 1. The van der Waals surface area contributed by atoms with E-state index >= 15 is 0 Å². The number of pyridine rings is 1. The van der Waals surface area contributed by atoms with Gasteiger partial charge in [0, 0.05) is 11.1 Å². The summed E-state index contributed by atoms with van der Waals surface area (Å²) in [5.74, 6) is -0.0550. The Kier molecular flexibility index (Phi) is 5.35. The largest absolute Gasteiger partial charge is 0.496 e. The topological polar surface area (TPSA) is 57.5 Å². The van der Waals surface area contributed by atoms with Crippen molar-refractivity contribution in [3.8, 4) is 22.7 Å². The third-order valence-corrected chi connectivity index (χ3v) is 4.93. The molecule has 30 heavy (non-hydrogen) atoms. The van der Waals surface area contributed by atoms with Gasteiger partial charge in [-0.05, 0) is 36.8 Å². The van der Waals surface area contributed by atoms with Crippen LogP contribution in [0.1, 0.15) is 17.3 Å². The number of carbonyl (C=O) groups is 1. The Bertz CT molecular complexity index is 1260. The number of methoxy groups -OCH3 is 1. The summed E-state index contributed by atoms with van der Waals surface area (Å²) in [5.41, 5.74) is 1.94. The van der Waals surface area contributed by atoms with Gasteiger partial charge >= 0.3 is 5.97 Å². The van der Waals surface area contributed by atoms with Crippen LogP contribution < -0.4 is 10.3 Å². The first-order chi connectivity index (χ1) is 14.7. The molecule has 5 nitrogen and oxygen atoms in total. The maximum absolute atomic E-state index is 13.7. The summed E-state index contributed by atoms with van der Waals surface area (Å²) < 4.78 is 12.5. The van der Waals surface area contributed by atoms with Gasteiger partial charge in [0.25, 0.3) is 5.56 Å². The minimum Gasteiger partial charge on any atom is -0.496 e. The fourth-order valence-electron chi connectivity index (χ4n) is 3.68. The molecule has 4 rings (SSSR count). The van der Waals surface area contributed by atoms with Crippen LogP contribution in [0, 0.1) is 0 Å².